The van der Waals surface area contributed by atoms with Crippen molar-refractivity contribution in [2.75, 3.05) is 4.90 Å². The summed E-state index contributed by atoms with van der Waals surface area (Å²) in [4.78, 5) is 26.7. The van der Waals surface area contributed by atoms with Gasteiger partial charge in [-0.15, -0.1) is 0 Å². The monoisotopic (exact) mass is 547 g/mol. The van der Waals surface area contributed by atoms with Crippen molar-refractivity contribution in [2.45, 2.75) is 6.61 Å². The van der Waals surface area contributed by atoms with Crippen molar-refractivity contribution in [3.8, 4) is 5.75 Å². The van der Waals surface area contributed by atoms with E-state index in [1.54, 1.807) is 30.3 Å². The number of hydrogen-bond donors (Lipinski definition) is 0. The molecule has 0 aromatic heterocycles. The van der Waals surface area contributed by atoms with E-state index >= 15 is 0 Å². The van der Waals surface area contributed by atoms with E-state index in [9.17, 15) is 9.59 Å². The van der Waals surface area contributed by atoms with E-state index in [2.05, 4.69) is 22.6 Å². The molecule has 150 valence electrons. The number of amides is 2. The van der Waals surface area contributed by atoms with Gasteiger partial charge in [0.25, 0.3) is 11.1 Å². The van der Waals surface area contributed by atoms with Crippen LogP contribution in [0.2, 0.25) is 5.02 Å². The third-order valence-electron chi connectivity index (χ3n) is 4.35. The molecule has 7 heteroatoms. The SMILES string of the molecule is O=C1S/C(=C/c2ccc(OCc3ccccc3)c(I)c2)C(=O)N1c1cccc(Cl)c1. The van der Waals surface area contributed by atoms with Gasteiger partial charge < -0.3 is 4.74 Å². The fourth-order valence-corrected chi connectivity index (χ4v) is 4.64. The summed E-state index contributed by atoms with van der Waals surface area (Å²) in [6.45, 7) is 0.481. The molecule has 0 bridgehead atoms. The molecule has 1 heterocycles. The Balaban J connectivity index is 1.51. The van der Waals surface area contributed by atoms with Gasteiger partial charge in [-0.2, -0.15) is 0 Å². The number of thioether (sulfide) groups is 1. The average Bonchev–Trinajstić information content (AvgIpc) is 3.01. The summed E-state index contributed by atoms with van der Waals surface area (Å²) in [7, 11) is 0. The van der Waals surface area contributed by atoms with Gasteiger partial charge in [0.05, 0.1) is 14.2 Å². The highest BCUT2D eigenvalue weighted by Gasteiger charge is 2.36. The van der Waals surface area contributed by atoms with Gasteiger partial charge in [-0.3, -0.25) is 9.59 Å². The van der Waals surface area contributed by atoms with Crippen LogP contribution in [0, 0.1) is 3.57 Å². The Hall–Kier alpha value is -2.29. The van der Waals surface area contributed by atoms with Crippen LogP contribution >= 0.6 is 46.0 Å². The topological polar surface area (TPSA) is 46.6 Å². The smallest absolute Gasteiger partial charge is 0.298 e. The number of ether oxygens (including phenoxy) is 1. The van der Waals surface area contributed by atoms with E-state index in [1.807, 2.05) is 48.5 Å². The van der Waals surface area contributed by atoms with E-state index in [0.717, 1.165) is 37.1 Å². The first-order valence-corrected chi connectivity index (χ1v) is 11.3. The summed E-state index contributed by atoms with van der Waals surface area (Å²) in [6.07, 6.45) is 1.72. The lowest BCUT2D eigenvalue weighted by Gasteiger charge is -2.12. The molecule has 1 fully saturated rings. The van der Waals surface area contributed by atoms with Crippen molar-refractivity contribution >= 4 is 68.9 Å². The number of imide groups is 1. The second kappa shape index (κ2) is 9.24. The minimum Gasteiger partial charge on any atom is -0.488 e. The van der Waals surface area contributed by atoms with E-state index in [4.69, 9.17) is 16.3 Å². The number of rotatable bonds is 5. The molecule has 4 rings (SSSR count). The standard InChI is InChI=1S/C23H15ClINO3S/c24-17-7-4-8-18(13-17)26-22(27)21(30-23(26)28)12-16-9-10-20(19(25)11-16)29-14-15-5-2-1-3-6-15/h1-13H,14H2/b21-12+. The Labute approximate surface area is 197 Å². The number of halogens is 2. The Bertz CT molecular complexity index is 1150. The maximum Gasteiger partial charge on any atom is 0.298 e. The van der Waals surface area contributed by atoms with Crippen LogP contribution in [0.3, 0.4) is 0 Å². The quantitative estimate of drug-likeness (QED) is 0.261. The van der Waals surface area contributed by atoms with Crippen LogP contribution in [0.1, 0.15) is 11.1 Å². The minimum absolute atomic E-state index is 0.342. The highest BCUT2D eigenvalue weighted by molar-refractivity contribution is 14.1. The van der Waals surface area contributed by atoms with Gasteiger partial charge in [0.1, 0.15) is 12.4 Å². The van der Waals surface area contributed by atoms with Crippen LogP contribution in [-0.4, -0.2) is 11.1 Å². The minimum atomic E-state index is -0.355. The normalized spacial score (nSPS) is 15.1. The summed E-state index contributed by atoms with van der Waals surface area (Å²) in [5.74, 6) is 0.412. The van der Waals surface area contributed by atoms with Gasteiger partial charge in [0, 0.05) is 5.02 Å². The second-order valence-electron chi connectivity index (χ2n) is 6.46. The van der Waals surface area contributed by atoms with Crippen molar-refractivity contribution in [3.05, 3.63) is 97.4 Å². The van der Waals surface area contributed by atoms with Crippen molar-refractivity contribution < 1.29 is 14.3 Å². The molecule has 0 saturated carbocycles. The molecular weight excluding hydrogens is 533 g/mol. The van der Waals surface area contributed by atoms with E-state index < -0.39 is 0 Å². The summed E-state index contributed by atoms with van der Waals surface area (Å²) in [6, 6.07) is 22.3. The van der Waals surface area contributed by atoms with E-state index in [0.29, 0.717) is 22.2 Å². The van der Waals surface area contributed by atoms with Gasteiger partial charge >= 0.3 is 0 Å². The second-order valence-corrected chi connectivity index (χ2v) is 9.05. The number of benzene rings is 3. The molecule has 4 nitrogen and oxygen atoms in total. The van der Waals surface area contributed by atoms with Gasteiger partial charge in [-0.1, -0.05) is 54.1 Å². The maximum absolute atomic E-state index is 12.8. The fraction of sp³-hybridized carbons (Fsp3) is 0.0435. The van der Waals surface area contributed by atoms with Gasteiger partial charge in [-0.05, 0) is 81.9 Å². The molecule has 0 aliphatic carbocycles. The zero-order valence-corrected chi connectivity index (χ0v) is 19.3. The van der Waals surface area contributed by atoms with Gasteiger partial charge in [0.2, 0.25) is 0 Å². The number of hydrogen-bond acceptors (Lipinski definition) is 4. The lowest BCUT2D eigenvalue weighted by Crippen LogP contribution is -2.27. The van der Waals surface area contributed by atoms with Crippen LogP contribution in [-0.2, 0) is 11.4 Å². The number of carbonyl (C=O) groups is 2. The van der Waals surface area contributed by atoms with Crippen LogP contribution in [0.4, 0.5) is 10.5 Å². The van der Waals surface area contributed by atoms with Gasteiger partial charge in [-0.25, -0.2) is 4.90 Å². The Morgan fingerprint density at radius 1 is 1.00 bits per heavy atom. The molecule has 1 aliphatic heterocycles. The van der Waals surface area contributed by atoms with Crippen molar-refractivity contribution in [3.63, 3.8) is 0 Å². The lowest BCUT2D eigenvalue weighted by molar-refractivity contribution is -0.113. The summed E-state index contributed by atoms with van der Waals surface area (Å²) >= 11 is 9.12. The number of anilines is 1. The molecule has 3 aromatic carbocycles. The first kappa shape index (κ1) is 21.0. The Morgan fingerprint density at radius 2 is 1.80 bits per heavy atom. The van der Waals surface area contributed by atoms with Crippen LogP contribution in [0.25, 0.3) is 6.08 Å². The predicted molar refractivity (Wildman–Crippen MR) is 130 cm³/mol. The molecule has 1 saturated heterocycles. The third-order valence-corrected chi connectivity index (χ3v) is 6.30. The molecule has 3 aromatic rings. The number of nitrogens with zero attached hydrogens (tertiary/aromatic N) is 1. The first-order chi connectivity index (χ1) is 14.5. The Kier molecular flexibility index (Phi) is 6.46. The molecule has 0 unspecified atom stereocenters. The third kappa shape index (κ3) is 4.71. The average molecular weight is 548 g/mol. The number of carbonyl (C=O) groups excluding carboxylic acids is 2. The zero-order chi connectivity index (χ0) is 21.1. The first-order valence-electron chi connectivity index (χ1n) is 9.01. The predicted octanol–water partition coefficient (Wildman–Crippen LogP) is 6.76. The molecule has 0 N–H and O–H groups in total. The molecule has 0 spiro atoms. The largest absolute Gasteiger partial charge is 0.488 e. The zero-order valence-electron chi connectivity index (χ0n) is 15.5. The highest BCUT2D eigenvalue weighted by atomic mass is 127. The lowest BCUT2D eigenvalue weighted by atomic mass is 10.2. The molecule has 1 aliphatic rings. The fourth-order valence-electron chi connectivity index (χ4n) is 2.92. The van der Waals surface area contributed by atoms with Crippen molar-refractivity contribution in [1.82, 2.24) is 0 Å². The van der Waals surface area contributed by atoms with Crippen LogP contribution in [0.5, 0.6) is 5.75 Å². The molecular formula is C23H15ClINO3S. The summed E-state index contributed by atoms with van der Waals surface area (Å²) in [5, 5.41) is 0.127. The summed E-state index contributed by atoms with van der Waals surface area (Å²) in [5.41, 5.74) is 2.38. The van der Waals surface area contributed by atoms with Gasteiger partial charge in [0.15, 0.2) is 0 Å². The Morgan fingerprint density at radius 3 is 2.53 bits per heavy atom. The van der Waals surface area contributed by atoms with E-state index in [1.165, 1.54) is 0 Å². The van der Waals surface area contributed by atoms with Crippen LogP contribution < -0.4 is 9.64 Å². The van der Waals surface area contributed by atoms with Crippen LogP contribution in [0.15, 0.2) is 77.7 Å². The van der Waals surface area contributed by atoms with E-state index in [-0.39, 0.29) is 11.1 Å². The molecule has 0 radical (unpaired) electrons. The maximum atomic E-state index is 12.8. The molecule has 2 amide bonds. The van der Waals surface area contributed by atoms with Crippen molar-refractivity contribution in [1.29, 1.82) is 0 Å². The summed E-state index contributed by atoms with van der Waals surface area (Å²) < 4.78 is 6.82. The van der Waals surface area contributed by atoms with Crippen molar-refractivity contribution in [2.24, 2.45) is 0 Å². The highest BCUT2D eigenvalue weighted by Crippen LogP contribution is 2.37. The molecule has 0 atom stereocenters. The molecule has 30 heavy (non-hydrogen) atoms.